The molecule has 0 radical (unpaired) electrons. The Bertz CT molecular complexity index is 162. The molecule has 0 spiro atoms. The zero-order valence-corrected chi connectivity index (χ0v) is 11.3. The van der Waals surface area contributed by atoms with Crippen LogP contribution in [-0.2, 0) is 14.4 Å². The van der Waals surface area contributed by atoms with Gasteiger partial charge in [0, 0.05) is 0 Å². The molecule has 0 heterocycles. The lowest BCUT2D eigenvalue weighted by molar-refractivity contribution is -0.214. The molecule has 0 saturated heterocycles. The molecule has 0 atom stereocenters. The summed E-state index contributed by atoms with van der Waals surface area (Å²) in [5.74, 6) is 2.66. The fraction of sp³-hybridized carbons (Fsp3) is 0.750. The Labute approximate surface area is 105 Å². The van der Waals surface area contributed by atoms with Crippen LogP contribution in [0.25, 0.3) is 0 Å². The summed E-state index contributed by atoms with van der Waals surface area (Å²) >= 11 is 0. The van der Waals surface area contributed by atoms with Gasteiger partial charge in [-0.1, -0.05) is 19.8 Å². The van der Waals surface area contributed by atoms with E-state index in [2.05, 4.69) is 34.3 Å². The second kappa shape index (κ2) is 24.2. The predicted molar refractivity (Wildman–Crippen MR) is 68.6 cm³/mol. The van der Waals surface area contributed by atoms with Crippen molar-refractivity contribution in [3.8, 4) is 12.3 Å². The average Bonchev–Trinajstić information content (AvgIpc) is 2.31. The van der Waals surface area contributed by atoms with Crippen molar-refractivity contribution in [1.29, 1.82) is 0 Å². The van der Waals surface area contributed by atoms with Crippen LogP contribution in [0.15, 0.2) is 0 Å². The third-order valence-corrected chi connectivity index (χ3v) is 1.49. The molecule has 5 nitrogen and oxygen atoms in total. The summed E-state index contributed by atoms with van der Waals surface area (Å²) in [7, 11) is 2.49. The van der Waals surface area contributed by atoms with Crippen LogP contribution in [0.5, 0.6) is 0 Å². The van der Waals surface area contributed by atoms with Crippen molar-refractivity contribution >= 4 is 6.47 Å². The molecule has 102 valence electrons. The third kappa shape index (κ3) is 31.3. The lowest BCUT2D eigenvalue weighted by Crippen LogP contribution is -2.25. The maximum atomic E-state index is 8.95. The number of hydrogen-bond donors (Lipinski definition) is 1. The van der Waals surface area contributed by atoms with E-state index in [4.69, 9.17) is 16.5 Å². The Kier molecular flexibility index (Phi) is 30.3. The number of ether oxygens (including phenoxy) is 1. The minimum absolute atomic E-state index is 0.375. The normalized spacial score (nSPS) is 8.06. The van der Waals surface area contributed by atoms with Gasteiger partial charge in [0.15, 0.2) is 0 Å². The Morgan fingerprint density at radius 1 is 1.29 bits per heavy atom. The highest BCUT2D eigenvalue weighted by Crippen LogP contribution is 1.91. The SMILES string of the molecule is C#CCN(CCC)CCC.COC=O.COO. The zero-order valence-electron chi connectivity index (χ0n) is 11.3. The van der Waals surface area contributed by atoms with E-state index in [-0.39, 0.29) is 0 Å². The van der Waals surface area contributed by atoms with E-state index >= 15 is 0 Å². The molecule has 0 bridgehead atoms. The van der Waals surface area contributed by atoms with Crippen molar-refractivity contribution in [3.63, 3.8) is 0 Å². The number of carbonyl (C=O) groups excluding carboxylic acids is 1. The van der Waals surface area contributed by atoms with E-state index in [1.807, 2.05) is 0 Å². The highest BCUT2D eigenvalue weighted by molar-refractivity contribution is 5.36. The van der Waals surface area contributed by atoms with Gasteiger partial charge in [0.05, 0.1) is 20.8 Å². The van der Waals surface area contributed by atoms with Gasteiger partial charge in [-0.15, -0.1) is 6.42 Å². The molecular formula is C12H25NO4. The minimum Gasteiger partial charge on any atom is -0.471 e. The molecular weight excluding hydrogens is 222 g/mol. The number of rotatable bonds is 6. The van der Waals surface area contributed by atoms with E-state index in [1.54, 1.807) is 0 Å². The van der Waals surface area contributed by atoms with E-state index in [0.29, 0.717) is 6.47 Å². The number of carbonyl (C=O) groups is 1. The summed E-state index contributed by atoms with van der Waals surface area (Å²) in [5.41, 5.74) is 0. The van der Waals surface area contributed by atoms with Gasteiger partial charge in [0.25, 0.3) is 6.47 Å². The first-order valence-corrected chi connectivity index (χ1v) is 5.48. The molecule has 5 heteroatoms. The number of hydrogen-bond acceptors (Lipinski definition) is 5. The molecule has 0 aromatic rings. The lowest BCUT2D eigenvalue weighted by atomic mass is 10.3. The Balaban J connectivity index is -0.000000232. The van der Waals surface area contributed by atoms with Gasteiger partial charge in [-0.2, -0.15) is 0 Å². The monoisotopic (exact) mass is 247 g/mol. The van der Waals surface area contributed by atoms with Crippen molar-refractivity contribution < 1.29 is 19.7 Å². The summed E-state index contributed by atoms with van der Waals surface area (Å²) in [5, 5.41) is 7.07. The molecule has 0 aliphatic rings. The van der Waals surface area contributed by atoms with Gasteiger partial charge in [-0.3, -0.25) is 15.0 Å². The molecule has 0 amide bonds. The van der Waals surface area contributed by atoms with Crippen molar-refractivity contribution in [3.05, 3.63) is 0 Å². The van der Waals surface area contributed by atoms with Crippen molar-refractivity contribution in [2.45, 2.75) is 26.7 Å². The summed E-state index contributed by atoms with van der Waals surface area (Å²) in [6, 6.07) is 0. The van der Waals surface area contributed by atoms with Crippen molar-refractivity contribution in [1.82, 2.24) is 4.90 Å². The molecule has 0 rings (SSSR count). The zero-order chi connectivity index (χ0) is 13.9. The van der Waals surface area contributed by atoms with Gasteiger partial charge < -0.3 is 4.74 Å². The molecule has 0 fully saturated rings. The number of terminal acetylenes is 1. The van der Waals surface area contributed by atoms with Gasteiger partial charge >= 0.3 is 0 Å². The first kappa shape index (κ1) is 21.2. The maximum Gasteiger partial charge on any atom is 0.292 e. The first-order chi connectivity index (χ1) is 8.17. The van der Waals surface area contributed by atoms with Crippen LogP contribution in [0.4, 0.5) is 0 Å². The van der Waals surface area contributed by atoms with Gasteiger partial charge in [0.1, 0.15) is 0 Å². The molecule has 1 N–H and O–H groups in total. The minimum atomic E-state index is 0.375. The number of methoxy groups -OCH3 is 1. The van der Waals surface area contributed by atoms with Crippen LogP contribution in [-0.4, -0.2) is 50.5 Å². The Hall–Kier alpha value is -1.09. The van der Waals surface area contributed by atoms with E-state index in [9.17, 15) is 0 Å². The first-order valence-electron chi connectivity index (χ1n) is 5.48. The summed E-state index contributed by atoms with van der Waals surface area (Å²) in [6.45, 7) is 7.82. The molecule has 0 unspecified atom stereocenters. The van der Waals surface area contributed by atoms with Crippen LogP contribution in [0.1, 0.15) is 26.7 Å². The lowest BCUT2D eigenvalue weighted by Gasteiger charge is -2.16. The highest BCUT2D eigenvalue weighted by Gasteiger charge is 1.97. The molecule has 17 heavy (non-hydrogen) atoms. The standard InChI is InChI=1S/C9H17N.C2H4O2.CH4O2/c1-4-7-10(8-5-2)9-6-3;1-4-2-3;1-3-2/h1H,5-9H2,2-3H3;2H,1H3;2H,1H3. The second-order valence-electron chi connectivity index (χ2n) is 2.99. The van der Waals surface area contributed by atoms with Crippen LogP contribution < -0.4 is 0 Å². The van der Waals surface area contributed by atoms with Crippen molar-refractivity contribution in [2.75, 3.05) is 33.9 Å². The largest absolute Gasteiger partial charge is 0.471 e. The molecule has 0 saturated carbocycles. The summed E-state index contributed by atoms with van der Waals surface area (Å²) in [6.07, 6.45) is 7.59. The topological polar surface area (TPSA) is 59.0 Å². The van der Waals surface area contributed by atoms with Crippen LogP contribution >= 0.6 is 0 Å². The van der Waals surface area contributed by atoms with Crippen LogP contribution in [0, 0.1) is 12.3 Å². The highest BCUT2D eigenvalue weighted by atomic mass is 17.1. The Morgan fingerprint density at radius 3 is 1.82 bits per heavy atom. The summed E-state index contributed by atoms with van der Waals surface area (Å²) < 4.78 is 3.86. The summed E-state index contributed by atoms with van der Waals surface area (Å²) in [4.78, 5) is 14.5. The van der Waals surface area contributed by atoms with E-state index < -0.39 is 0 Å². The molecule has 0 aromatic heterocycles. The fourth-order valence-corrected chi connectivity index (χ4v) is 1.03. The smallest absolute Gasteiger partial charge is 0.292 e. The second-order valence-corrected chi connectivity index (χ2v) is 2.99. The van der Waals surface area contributed by atoms with Gasteiger partial charge in [0.2, 0.25) is 0 Å². The fourth-order valence-electron chi connectivity index (χ4n) is 1.03. The van der Waals surface area contributed by atoms with E-state index in [1.165, 1.54) is 27.1 Å². The molecule has 0 aliphatic carbocycles. The molecule has 0 aromatic carbocycles. The van der Waals surface area contributed by atoms with Crippen LogP contribution in [0.3, 0.4) is 0 Å². The van der Waals surface area contributed by atoms with Crippen molar-refractivity contribution in [2.24, 2.45) is 0 Å². The predicted octanol–water partition coefficient (Wildman–Crippen LogP) is 1.64. The van der Waals surface area contributed by atoms with E-state index in [0.717, 1.165) is 19.6 Å². The van der Waals surface area contributed by atoms with Gasteiger partial charge in [-0.05, 0) is 25.9 Å². The van der Waals surface area contributed by atoms with Crippen LogP contribution in [0.2, 0.25) is 0 Å². The third-order valence-electron chi connectivity index (χ3n) is 1.49. The average molecular weight is 247 g/mol. The van der Waals surface area contributed by atoms with Gasteiger partial charge in [-0.25, -0.2) is 4.89 Å². The maximum absolute atomic E-state index is 8.95. The number of nitrogens with zero attached hydrogens (tertiary/aromatic N) is 1. The quantitative estimate of drug-likeness (QED) is 0.334. The Morgan fingerprint density at radius 2 is 1.65 bits per heavy atom. The molecule has 0 aliphatic heterocycles.